The van der Waals surface area contributed by atoms with Crippen molar-refractivity contribution in [2.75, 3.05) is 19.8 Å². The predicted octanol–water partition coefficient (Wildman–Crippen LogP) is 2.31. The van der Waals surface area contributed by atoms with Crippen LogP contribution in [0.4, 0.5) is 0 Å². The van der Waals surface area contributed by atoms with Crippen LogP contribution in [0.2, 0.25) is 0 Å². The van der Waals surface area contributed by atoms with Crippen LogP contribution < -0.4 is 11.1 Å². The van der Waals surface area contributed by atoms with E-state index in [9.17, 15) is 4.79 Å². The summed E-state index contributed by atoms with van der Waals surface area (Å²) in [5.74, 6) is 0.0697. The molecule has 0 bridgehead atoms. The molecule has 4 nitrogen and oxygen atoms in total. The summed E-state index contributed by atoms with van der Waals surface area (Å²) in [6.45, 7) is 1.89. The molecule has 1 aromatic rings. The second-order valence-electron chi connectivity index (χ2n) is 5.14. The lowest BCUT2D eigenvalue weighted by atomic mass is 9.82. The van der Waals surface area contributed by atoms with Crippen molar-refractivity contribution in [1.29, 1.82) is 0 Å². The highest BCUT2D eigenvalue weighted by molar-refractivity contribution is 9.10. The lowest BCUT2D eigenvalue weighted by Gasteiger charge is -2.38. The molecule has 0 saturated carbocycles. The molecular weight excluding hydrogens is 320 g/mol. The molecule has 0 spiro atoms. The number of nitrogens with two attached hydrogens (primary N) is 1. The van der Waals surface area contributed by atoms with E-state index >= 15 is 0 Å². The molecule has 1 fully saturated rings. The number of rotatable bonds is 5. The van der Waals surface area contributed by atoms with Gasteiger partial charge in [-0.05, 0) is 43.5 Å². The molecule has 1 heterocycles. The first-order valence-electron chi connectivity index (χ1n) is 7.01. The Labute approximate surface area is 128 Å². The highest BCUT2D eigenvalue weighted by Gasteiger charge is 2.35. The summed E-state index contributed by atoms with van der Waals surface area (Å²) in [4.78, 5) is 12.1. The first-order chi connectivity index (χ1) is 9.66. The molecule has 20 heavy (non-hydrogen) atoms. The Kier molecular flexibility index (Phi) is 5.57. The van der Waals surface area contributed by atoms with Crippen molar-refractivity contribution in [1.82, 2.24) is 5.32 Å². The zero-order valence-electron chi connectivity index (χ0n) is 11.5. The largest absolute Gasteiger partial charge is 0.381 e. The minimum atomic E-state index is -0.301. The Morgan fingerprint density at radius 2 is 1.95 bits per heavy atom. The summed E-state index contributed by atoms with van der Waals surface area (Å²) < 4.78 is 6.49. The number of nitrogens with one attached hydrogen (secondary N) is 1. The van der Waals surface area contributed by atoms with Gasteiger partial charge in [0.15, 0.2) is 0 Å². The van der Waals surface area contributed by atoms with Crippen LogP contribution in [0.15, 0.2) is 28.7 Å². The summed E-state index contributed by atoms with van der Waals surface area (Å²) in [5, 5.41) is 3.21. The van der Waals surface area contributed by atoms with Gasteiger partial charge in [0.25, 0.3) is 0 Å². The zero-order valence-corrected chi connectivity index (χ0v) is 13.1. The van der Waals surface area contributed by atoms with Crippen LogP contribution in [0.5, 0.6) is 0 Å². The molecule has 0 aliphatic carbocycles. The van der Waals surface area contributed by atoms with Crippen molar-refractivity contribution >= 4 is 21.8 Å². The highest BCUT2D eigenvalue weighted by atomic mass is 79.9. The maximum Gasteiger partial charge on any atom is 0.220 e. The Hall–Kier alpha value is -0.910. The Morgan fingerprint density at radius 3 is 2.55 bits per heavy atom. The third-order valence-corrected chi connectivity index (χ3v) is 4.26. The van der Waals surface area contributed by atoms with Crippen LogP contribution in [0.25, 0.3) is 0 Å². The van der Waals surface area contributed by atoms with E-state index in [1.54, 1.807) is 0 Å². The van der Waals surface area contributed by atoms with E-state index in [-0.39, 0.29) is 11.4 Å². The van der Waals surface area contributed by atoms with E-state index in [1.165, 1.54) is 0 Å². The number of carbonyl (C=O) groups excluding carboxylic acids is 1. The smallest absolute Gasteiger partial charge is 0.220 e. The normalized spacial score (nSPS) is 17.7. The van der Waals surface area contributed by atoms with Gasteiger partial charge in [0.2, 0.25) is 5.91 Å². The van der Waals surface area contributed by atoms with Crippen LogP contribution in [0.1, 0.15) is 31.2 Å². The van der Waals surface area contributed by atoms with Crippen LogP contribution in [-0.2, 0) is 15.1 Å². The molecule has 1 aliphatic heterocycles. The van der Waals surface area contributed by atoms with E-state index in [2.05, 4.69) is 33.4 Å². The minimum Gasteiger partial charge on any atom is -0.381 e. The maximum atomic E-state index is 12.1. The fourth-order valence-electron chi connectivity index (χ4n) is 2.57. The lowest BCUT2D eigenvalue weighted by Crippen LogP contribution is -2.49. The van der Waals surface area contributed by atoms with Crippen LogP contribution in [0.3, 0.4) is 0 Å². The molecule has 1 aromatic carbocycles. The molecule has 1 saturated heterocycles. The quantitative estimate of drug-likeness (QED) is 0.864. The average molecular weight is 341 g/mol. The number of hydrogen-bond donors (Lipinski definition) is 2. The number of amides is 1. The minimum absolute atomic E-state index is 0.0697. The highest BCUT2D eigenvalue weighted by Crippen LogP contribution is 2.33. The van der Waals surface area contributed by atoms with E-state index in [0.717, 1.165) is 29.3 Å². The zero-order chi connectivity index (χ0) is 14.4. The van der Waals surface area contributed by atoms with Crippen molar-refractivity contribution in [3.8, 4) is 0 Å². The van der Waals surface area contributed by atoms with Gasteiger partial charge < -0.3 is 15.8 Å². The molecule has 0 radical (unpaired) electrons. The van der Waals surface area contributed by atoms with Crippen LogP contribution in [-0.4, -0.2) is 25.7 Å². The summed E-state index contributed by atoms with van der Waals surface area (Å²) >= 11 is 3.45. The maximum absolute atomic E-state index is 12.1. The van der Waals surface area contributed by atoms with Gasteiger partial charge in [-0.15, -0.1) is 0 Å². The molecule has 110 valence electrons. The number of ether oxygens (including phenoxy) is 1. The number of hydrogen-bond acceptors (Lipinski definition) is 3. The van der Waals surface area contributed by atoms with Gasteiger partial charge in [0.05, 0.1) is 5.54 Å². The van der Waals surface area contributed by atoms with E-state index < -0.39 is 0 Å². The fourth-order valence-corrected chi connectivity index (χ4v) is 2.83. The summed E-state index contributed by atoms with van der Waals surface area (Å²) in [6.07, 6.45) is 2.82. The van der Waals surface area contributed by atoms with Crippen molar-refractivity contribution in [2.45, 2.75) is 31.2 Å². The molecule has 2 rings (SSSR count). The molecule has 0 unspecified atom stereocenters. The van der Waals surface area contributed by atoms with Crippen LogP contribution >= 0.6 is 15.9 Å². The average Bonchev–Trinajstić information content (AvgIpc) is 2.46. The fraction of sp³-hybridized carbons (Fsp3) is 0.533. The SMILES string of the molecule is NCCCC(=O)NC1(c2ccc(Br)cc2)CCOCC1. The Bertz CT molecular complexity index is 442. The summed E-state index contributed by atoms with van der Waals surface area (Å²) in [5.41, 5.74) is 6.31. The standard InChI is InChI=1S/C15H21BrN2O2/c16-13-5-3-12(4-6-13)15(7-10-20-11-8-15)18-14(19)2-1-9-17/h3-6H,1-2,7-11,17H2,(H,18,19). The van der Waals surface area contributed by atoms with Crippen molar-refractivity contribution in [2.24, 2.45) is 5.73 Å². The van der Waals surface area contributed by atoms with Gasteiger partial charge in [0, 0.05) is 24.1 Å². The first-order valence-corrected chi connectivity index (χ1v) is 7.80. The van der Waals surface area contributed by atoms with Gasteiger partial charge in [-0.1, -0.05) is 28.1 Å². The molecular formula is C15H21BrN2O2. The van der Waals surface area contributed by atoms with Crippen molar-refractivity contribution in [3.63, 3.8) is 0 Å². The van der Waals surface area contributed by atoms with E-state index in [4.69, 9.17) is 10.5 Å². The van der Waals surface area contributed by atoms with Gasteiger partial charge >= 0.3 is 0 Å². The number of halogens is 1. The van der Waals surface area contributed by atoms with E-state index in [0.29, 0.717) is 26.2 Å². The molecule has 5 heteroatoms. The van der Waals surface area contributed by atoms with Crippen LogP contribution in [0, 0.1) is 0 Å². The summed E-state index contributed by atoms with van der Waals surface area (Å²) in [7, 11) is 0. The second-order valence-corrected chi connectivity index (χ2v) is 6.06. The first kappa shape index (κ1) is 15.5. The Morgan fingerprint density at radius 1 is 1.30 bits per heavy atom. The number of carbonyl (C=O) groups is 1. The molecule has 3 N–H and O–H groups in total. The van der Waals surface area contributed by atoms with Crippen molar-refractivity contribution in [3.05, 3.63) is 34.3 Å². The van der Waals surface area contributed by atoms with Crippen molar-refractivity contribution < 1.29 is 9.53 Å². The third kappa shape index (κ3) is 3.81. The molecule has 1 aliphatic rings. The summed E-state index contributed by atoms with van der Waals surface area (Å²) in [6, 6.07) is 8.16. The van der Waals surface area contributed by atoms with Gasteiger partial charge in [-0.2, -0.15) is 0 Å². The number of benzene rings is 1. The predicted molar refractivity (Wildman–Crippen MR) is 82.3 cm³/mol. The third-order valence-electron chi connectivity index (χ3n) is 3.73. The molecule has 0 aromatic heterocycles. The topological polar surface area (TPSA) is 64.4 Å². The molecule has 1 amide bonds. The molecule has 0 atom stereocenters. The Balaban J connectivity index is 2.16. The van der Waals surface area contributed by atoms with Gasteiger partial charge in [-0.3, -0.25) is 4.79 Å². The van der Waals surface area contributed by atoms with E-state index in [1.807, 2.05) is 12.1 Å². The van der Waals surface area contributed by atoms with Gasteiger partial charge in [0.1, 0.15) is 0 Å². The van der Waals surface area contributed by atoms with Gasteiger partial charge in [-0.25, -0.2) is 0 Å². The second kappa shape index (κ2) is 7.20. The monoisotopic (exact) mass is 340 g/mol. The lowest BCUT2D eigenvalue weighted by molar-refractivity contribution is -0.124.